The molecule has 3 heteroatoms. The minimum Gasteiger partial charge on any atom is -0.298 e. The summed E-state index contributed by atoms with van der Waals surface area (Å²) in [6, 6.07) is 5.86. The molecule has 0 spiro atoms. The summed E-state index contributed by atoms with van der Waals surface area (Å²) >= 11 is 5.13. The number of hydrogen-bond acceptors (Lipinski definition) is 2. The van der Waals surface area contributed by atoms with Gasteiger partial charge >= 0.3 is 0 Å². The molecule has 0 aliphatic rings. The van der Waals surface area contributed by atoms with Crippen LogP contribution < -0.4 is 0 Å². The van der Waals surface area contributed by atoms with Crippen molar-refractivity contribution in [2.75, 3.05) is 5.75 Å². The Morgan fingerprint density at radius 1 is 1.40 bits per heavy atom. The van der Waals surface area contributed by atoms with Gasteiger partial charge < -0.3 is 0 Å². The highest BCUT2D eigenvalue weighted by atomic mass is 79.9. The number of halogens is 1. The van der Waals surface area contributed by atoms with Crippen molar-refractivity contribution in [1.29, 1.82) is 0 Å². The third kappa shape index (κ3) is 4.39. The Balaban J connectivity index is 2.56. The molecule has 15 heavy (non-hydrogen) atoms. The van der Waals surface area contributed by atoms with Gasteiger partial charge in [-0.1, -0.05) is 35.7 Å². The number of aldehydes is 1. The standard InChI is InChI=1S/C12H15BrOS/c1-2-3-4-7-15-12-6-5-11(13)8-10(12)9-14/h5-6,8-9H,2-4,7H2,1H3. The highest BCUT2D eigenvalue weighted by molar-refractivity contribution is 9.10. The van der Waals surface area contributed by atoms with E-state index in [1.54, 1.807) is 11.8 Å². The normalized spacial score (nSPS) is 10.3. The minimum atomic E-state index is 0.783. The monoisotopic (exact) mass is 286 g/mol. The number of thioether (sulfide) groups is 1. The summed E-state index contributed by atoms with van der Waals surface area (Å²) in [5, 5.41) is 0. The van der Waals surface area contributed by atoms with Crippen LogP contribution in [0, 0.1) is 0 Å². The maximum atomic E-state index is 10.8. The number of carbonyl (C=O) groups excluding carboxylic acids is 1. The first kappa shape index (κ1) is 12.8. The second kappa shape index (κ2) is 7.07. The average molecular weight is 287 g/mol. The van der Waals surface area contributed by atoms with Gasteiger partial charge in [0.1, 0.15) is 0 Å². The zero-order chi connectivity index (χ0) is 11.1. The SMILES string of the molecule is CCCCCSc1ccc(Br)cc1C=O. The summed E-state index contributed by atoms with van der Waals surface area (Å²) in [5.41, 5.74) is 0.783. The smallest absolute Gasteiger partial charge is 0.151 e. The first-order valence-electron chi connectivity index (χ1n) is 5.15. The highest BCUT2D eigenvalue weighted by Crippen LogP contribution is 2.25. The van der Waals surface area contributed by atoms with Gasteiger partial charge in [-0.25, -0.2) is 0 Å². The number of unbranched alkanes of at least 4 members (excludes halogenated alkanes) is 2. The predicted molar refractivity (Wildman–Crippen MR) is 69.8 cm³/mol. The third-order valence-corrected chi connectivity index (χ3v) is 3.77. The lowest BCUT2D eigenvalue weighted by atomic mass is 10.2. The largest absolute Gasteiger partial charge is 0.298 e. The number of benzene rings is 1. The molecule has 0 fully saturated rings. The summed E-state index contributed by atoms with van der Waals surface area (Å²) in [4.78, 5) is 11.9. The molecule has 0 amide bonds. The number of rotatable bonds is 6. The molecule has 0 aliphatic heterocycles. The molecular formula is C12H15BrOS. The van der Waals surface area contributed by atoms with Crippen LogP contribution in [-0.2, 0) is 0 Å². The van der Waals surface area contributed by atoms with Gasteiger partial charge in [0.05, 0.1) is 0 Å². The van der Waals surface area contributed by atoms with Gasteiger partial charge in [-0.3, -0.25) is 4.79 Å². The molecule has 1 nitrogen and oxygen atoms in total. The fourth-order valence-electron chi connectivity index (χ4n) is 1.28. The van der Waals surface area contributed by atoms with E-state index in [2.05, 4.69) is 22.9 Å². The Hall–Kier alpha value is -0.280. The van der Waals surface area contributed by atoms with Crippen molar-refractivity contribution in [2.24, 2.45) is 0 Å². The molecule has 0 atom stereocenters. The van der Waals surface area contributed by atoms with E-state index in [0.717, 1.165) is 27.0 Å². The van der Waals surface area contributed by atoms with Gasteiger partial charge in [0.2, 0.25) is 0 Å². The van der Waals surface area contributed by atoms with Gasteiger partial charge in [-0.2, -0.15) is 0 Å². The van der Waals surface area contributed by atoms with Crippen molar-refractivity contribution >= 4 is 34.0 Å². The van der Waals surface area contributed by atoms with Crippen molar-refractivity contribution < 1.29 is 4.79 Å². The zero-order valence-electron chi connectivity index (χ0n) is 8.83. The van der Waals surface area contributed by atoms with E-state index in [1.807, 2.05) is 18.2 Å². The molecule has 0 bridgehead atoms. The first-order chi connectivity index (χ1) is 7.27. The fraction of sp³-hybridized carbons (Fsp3) is 0.417. The lowest BCUT2D eigenvalue weighted by molar-refractivity contribution is 0.112. The van der Waals surface area contributed by atoms with E-state index >= 15 is 0 Å². The summed E-state index contributed by atoms with van der Waals surface area (Å²) in [5.74, 6) is 1.09. The Morgan fingerprint density at radius 3 is 2.87 bits per heavy atom. The van der Waals surface area contributed by atoms with Gasteiger partial charge in [0.25, 0.3) is 0 Å². The molecule has 0 unspecified atom stereocenters. The Bertz CT molecular complexity index is 325. The van der Waals surface area contributed by atoms with Crippen LogP contribution in [0.5, 0.6) is 0 Å². The van der Waals surface area contributed by atoms with Crippen LogP contribution >= 0.6 is 27.7 Å². The van der Waals surface area contributed by atoms with Gasteiger partial charge in [-0.15, -0.1) is 11.8 Å². The molecule has 0 saturated carbocycles. The Kier molecular flexibility index (Phi) is 6.03. The molecule has 0 saturated heterocycles. The Labute approximate surface area is 104 Å². The molecular weight excluding hydrogens is 272 g/mol. The van der Waals surface area contributed by atoms with Crippen molar-refractivity contribution in [3.63, 3.8) is 0 Å². The van der Waals surface area contributed by atoms with Gasteiger partial charge in [-0.05, 0) is 30.4 Å². The average Bonchev–Trinajstić information content (AvgIpc) is 2.26. The summed E-state index contributed by atoms with van der Waals surface area (Å²) in [6.45, 7) is 2.20. The van der Waals surface area contributed by atoms with E-state index in [4.69, 9.17) is 0 Å². The van der Waals surface area contributed by atoms with E-state index in [9.17, 15) is 4.79 Å². The number of hydrogen-bond donors (Lipinski definition) is 0. The second-order valence-corrected chi connectivity index (χ2v) is 5.41. The lowest BCUT2D eigenvalue weighted by Gasteiger charge is -2.04. The van der Waals surface area contributed by atoms with Crippen LogP contribution in [0.15, 0.2) is 27.6 Å². The fourth-order valence-corrected chi connectivity index (χ4v) is 2.66. The third-order valence-electron chi connectivity index (χ3n) is 2.10. The quantitative estimate of drug-likeness (QED) is 0.434. The van der Waals surface area contributed by atoms with Crippen LogP contribution in [-0.4, -0.2) is 12.0 Å². The summed E-state index contributed by atoms with van der Waals surface area (Å²) in [6.07, 6.45) is 4.64. The van der Waals surface area contributed by atoms with Gasteiger partial charge in [0.15, 0.2) is 6.29 Å². The highest BCUT2D eigenvalue weighted by Gasteiger charge is 2.02. The van der Waals surface area contributed by atoms with Crippen LogP contribution in [0.1, 0.15) is 36.5 Å². The molecule has 0 N–H and O–H groups in total. The Morgan fingerprint density at radius 2 is 2.20 bits per heavy atom. The van der Waals surface area contributed by atoms with E-state index in [1.165, 1.54) is 19.3 Å². The van der Waals surface area contributed by atoms with Crippen LogP contribution in [0.4, 0.5) is 0 Å². The minimum absolute atomic E-state index is 0.783. The van der Waals surface area contributed by atoms with Crippen molar-refractivity contribution in [3.8, 4) is 0 Å². The maximum Gasteiger partial charge on any atom is 0.151 e. The summed E-state index contributed by atoms with van der Waals surface area (Å²) < 4.78 is 0.961. The molecule has 0 aromatic heterocycles. The topological polar surface area (TPSA) is 17.1 Å². The van der Waals surface area contributed by atoms with E-state index < -0.39 is 0 Å². The van der Waals surface area contributed by atoms with Crippen LogP contribution in [0.2, 0.25) is 0 Å². The molecule has 0 radical (unpaired) electrons. The molecule has 1 aromatic carbocycles. The van der Waals surface area contributed by atoms with E-state index in [0.29, 0.717) is 0 Å². The van der Waals surface area contributed by atoms with Crippen molar-refractivity contribution in [3.05, 3.63) is 28.2 Å². The van der Waals surface area contributed by atoms with Crippen LogP contribution in [0.3, 0.4) is 0 Å². The zero-order valence-corrected chi connectivity index (χ0v) is 11.2. The lowest BCUT2D eigenvalue weighted by Crippen LogP contribution is -1.87. The first-order valence-corrected chi connectivity index (χ1v) is 6.93. The van der Waals surface area contributed by atoms with Gasteiger partial charge in [0, 0.05) is 14.9 Å². The van der Waals surface area contributed by atoms with Crippen molar-refractivity contribution in [2.45, 2.75) is 31.1 Å². The molecule has 1 rings (SSSR count). The molecule has 1 aromatic rings. The predicted octanol–water partition coefficient (Wildman–Crippen LogP) is 4.54. The number of carbonyl (C=O) groups is 1. The maximum absolute atomic E-state index is 10.8. The molecule has 82 valence electrons. The van der Waals surface area contributed by atoms with E-state index in [-0.39, 0.29) is 0 Å². The summed E-state index contributed by atoms with van der Waals surface area (Å²) in [7, 11) is 0. The second-order valence-electron chi connectivity index (χ2n) is 3.36. The van der Waals surface area contributed by atoms with Crippen molar-refractivity contribution in [1.82, 2.24) is 0 Å². The van der Waals surface area contributed by atoms with Crippen LogP contribution in [0.25, 0.3) is 0 Å². The molecule has 0 heterocycles. The molecule has 0 aliphatic carbocycles.